The van der Waals surface area contributed by atoms with Gasteiger partial charge in [0.2, 0.25) is 5.91 Å². The van der Waals surface area contributed by atoms with Crippen LogP contribution in [-0.2, 0) is 24.2 Å². The maximum atomic E-state index is 13.9. The van der Waals surface area contributed by atoms with Crippen LogP contribution in [0.4, 0.5) is 15.9 Å². The number of fused-ring (bicyclic) bond motifs is 1. The predicted octanol–water partition coefficient (Wildman–Crippen LogP) is 4.00. The Morgan fingerprint density at radius 3 is 2.66 bits per heavy atom. The molecule has 1 N–H and O–H groups in total. The van der Waals surface area contributed by atoms with Gasteiger partial charge in [0, 0.05) is 25.2 Å². The molecule has 0 bridgehead atoms. The zero-order valence-corrected chi connectivity index (χ0v) is 18.3. The van der Waals surface area contributed by atoms with E-state index in [1.54, 1.807) is 23.0 Å². The Balaban J connectivity index is 0.00000289. The van der Waals surface area contributed by atoms with Crippen LogP contribution < -0.4 is 10.2 Å². The van der Waals surface area contributed by atoms with E-state index in [1.807, 2.05) is 45.0 Å². The molecule has 0 saturated heterocycles. The lowest BCUT2D eigenvalue weighted by Gasteiger charge is -2.36. The van der Waals surface area contributed by atoms with E-state index in [0.717, 1.165) is 29.3 Å². The predicted molar refractivity (Wildman–Crippen MR) is 124 cm³/mol. The summed E-state index contributed by atoms with van der Waals surface area (Å²) in [6, 6.07) is 6.47. The Hall–Kier alpha value is -3.29. The lowest BCUT2D eigenvalue weighted by molar-refractivity contribution is -0.118. The number of nitrogens with zero attached hydrogens (tertiary/aromatic N) is 5. The van der Waals surface area contributed by atoms with Gasteiger partial charge in [0.1, 0.15) is 23.4 Å². The second kappa shape index (κ2) is 9.46. The van der Waals surface area contributed by atoms with Crippen molar-refractivity contribution in [3.8, 4) is 0 Å². The molecule has 4 rings (SSSR count). The van der Waals surface area contributed by atoms with Gasteiger partial charge < -0.3 is 10.2 Å². The van der Waals surface area contributed by atoms with Crippen LogP contribution in [0.25, 0.3) is 0 Å². The number of benzene rings is 1. The molecule has 1 atom stereocenters. The molecule has 2 aromatic heterocycles. The first-order valence-corrected chi connectivity index (χ1v) is 10.5. The highest BCUT2D eigenvalue weighted by Crippen LogP contribution is 2.33. The van der Waals surface area contributed by atoms with Crippen molar-refractivity contribution in [2.24, 2.45) is 5.92 Å². The van der Waals surface area contributed by atoms with E-state index in [1.165, 1.54) is 6.07 Å². The Kier molecular flexibility index (Phi) is 6.91. The van der Waals surface area contributed by atoms with Gasteiger partial charge in [-0.15, -0.1) is 0 Å². The second-order valence-electron chi connectivity index (χ2n) is 8.35. The number of carbonyl (C=O) groups excluding carboxylic acids is 1. The number of aromatic nitrogens is 4. The summed E-state index contributed by atoms with van der Waals surface area (Å²) in [6.45, 7) is 6.34. The molecule has 1 amide bonds. The Morgan fingerprint density at radius 2 is 1.94 bits per heavy atom. The van der Waals surface area contributed by atoms with Crippen LogP contribution in [-0.4, -0.2) is 38.7 Å². The fourth-order valence-electron chi connectivity index (χ4n) is 4.06. The molecule has 0 saturated carbocycles. The van der Waals surface area contributed by atoms with Gasteiger partial charge in [0.25, 0.3) is 0 Å². The minimum absolute atomic E-state index is 0. The summed E-state index contributed by atoms with van der Waals surface area (Å²) in [7, 11) is 1.91. The number of amides is 1. The third kappa shape index (κ3) is 4.64. The van der Waals surface area contributed by atoms with E-state index in [2.05, 4.69) is 15.4 Å². The van der Waals surface area contributed by atoms with Crippen molar-refractivity contribution in [1.29, 1.82) is 0 Å². The van der Waals surface area contributed by atoms with Gasteiger partial charge in [-0.2, -0.15) is 5.10 Å². The number of likely N-dealkylation sites (N-methyl/N-ethyl adjacent to an activating group) is 1. The van der Waals surface area contributed by atoms with Crippen LogP contribution >= 0.6 is 0 Å². The molecule has 170 valence electrons. The average Bonchev–Trinajstić information content (AvgIpc) is 3.16. The number of carbonyl (C=O) groups is 1. The van der Waals surface area contributed by atoms with Gasteiger partial charge in [-0.25, -0.2) is 14.4 Å². The fraction of sp³-hybridized carbons (Fsp3) is 0.417. The minimum Gasteiger partial charge on any atom is -0.346 e. The highest BCUT2D eigenvalue weighted by atomic mass is 19.1. The fourth-order valence-corrected chi connectivity index (χ4v) is 4.06. The van der Waals surface area contributed by atoms with Crippen molar-refractivity contribution in [2.45, 2.75) is 53.6 Å². The highest BCUT2D eigenvalue weighted by Gasteiger charge is 2.35. The molecule has 0 aliphatic carbocycles. The third-order valence-corrected chi connectivity index (χ3v) is 5.63. The molecule has 0 spiro atoms. The molecular formula is C24H31FN6O. The molecular weight excluding hydrogens is 407 g/mol. The molecule has 3 heterocycles. The normalized spacial score (nSPS) is 15.4. The number of rotatable bonds is 6. The van der Waals surface area contributed by atoms with Gasteiger partial charge in [-0.05, 0) is 30.9 Å². The van der Waals surface area contributed by atoms with Crippen molar-refractivity contribution >= 4 is 17.4 Å². The maximum Gasteiger partial charge on any atom is 0.247 e. The number of halogens is 1. The molecule has 0 unspecified atom stereocenters. The average molecular weight is 439 g/mol. The molecule has 32 heavy (non-hydrogen) atoms. The molecule has 1 aromatic carbocycles. The van der Waals surface area contributed by atoms with Gasteiger partial charge in [-0.3, -0.25) is 9.48 Å². The van der Waals surface area contributed by atoms with Gasteiger partial charge in [-0.1, -0.05) is 39.5 Å². The Labute approximate surface area is 188 Å². The van der Waals surface area contributed by atoms with E-state index in [0.29, 0.717) is 24.2 Å². The van der Waals surface area contributed by atoms with Crippen molar-refractivity contribution < 1.29 is 9.18 Å². The second-order valence-corrected chi connectivity index (χ2v) is 8.35. The summed E-state index contributed by atoms with van der Waals surface area (Å²) < 4.78 is 15.6. The van der Waals surface area contributed by atoms with Crippen LogP contribution in [0.2, 0.25) is 0 Å². The summed E-state index contributed by atoms with van der Waals surface area (Å²) in [5.41, 5.74) is 3.09. The van der Waals surface area contributed by atoms with Crippen LogP contribution in [0.1, 0.15) is 43.9 Å². The van der Waals surface area contributed by atoms with Crippen LogP contribution in [0, 0.1) is 18.7 Å². The minimum atomic E-state index is -0.258. The highest BCUT2D eigenvalue weighted by molar-refractivity contribution is 6.03. The Bertz CT molecular complexity index is 1110. The zero-order valence-electron chi connectivity index (χ0n) is 18.3. The first-order chi connectivity index (χ1) is 14.8. The van der Waals surface area contributed by atoms with E-state index >= 15 is 0 Å². The van der Waals surface area contributed by atoms with Gasteiger partial charge in [0.05, 0.1) is 18.4 Å². The molecule has 8 heteroatoms. The first kappa shape index (κ1) is 23.4. The number of nitrogens with one attached hydrogen (secondary N) is 1. The van der Waals surface area contributed by atoms with E-state index < -0.39 is 0 Å². The number of hydrogen-bond donors (Lipinski definition) is 1. The van der Waals surface area contributed by atoms with Crippen LogP contribution in [0.3, 0.4) is 0 Å². The quantitative estimate of drug-likeness (QED) is 0.630. The van der Waals surface area contributed by atoms with E-state index in [4.69, 9.17) is 4.98 Å². The smallest absolute Gasteiger partial charge is 0.247 e. The third-order valence-electron chi connectivity index (χ3n) is 5.63. The number of anilines is 2. The summed E-state index contributed by atoms with van der Waals surface area (Å²) in [6.07, 6.45) is 5.10. The monoisotopic (exact) mass is 438 g/mol. The molecule has 0 radical (unpaired) electrons. The lowest BCUT2D eigenvalue weighted by Crippen LogP contribution is -2.49. The first-order valence-electron chi connectivity index (χ1n) is 10.5. The largest absolute Gasteiger partial charge is 0.346 e. The standard InChI is InChI=1S/C23H27FN6O.CH4/c1-14(2)21-23(31)28-20-15(3)26-19(27-22(20)29(21)4)10-9-16-11-25-30(12-16)13-17-7-5-6-8-18(17)24;/h5-8,11-12,14,21H,9-10,13H2,1-4H3,(H,28,31);1H4/t21-;/m0./s1. The molecule has 3 aromatic rings. The topological polar surface area (TPSA) is 75.9 Å². The summed E-state index contributed by atoms with van der Waals surface area (Å²) in [5.74, 6) is 1.40. The summed E-state index contributed by atoms with van der Waals surface area (Å²) >= 11 is 0. The van der Waals surface area contributed by atoms with E-state index in [-0.39, 0.29) is 31.1 Å². The van der Waals surface area contributed by atoms with Crippen molar-refractivity contribution in [3.63, 3.8) is 0 Å². The Morgan fingerprint density at radius 1 is 1.19 bits per heavy atom. The lowest BCUT2D eigenvalue weighted by atomic mass is 9.99. The molecule has 1 aliphatic heterocycles. The summed E-state index contributed by atoms with van der Waals surface area (Å²) in [4.78, 5) is 23.8. The molecule has 0 fully saturated rings. The molecule has 7 nitrogen and oxygen atoms in total. The van der Waals surface area contributed by atoms with Gasteiger partial charge >= 0.3 is 0 Å². The van der Waals surface area contributed by atoms with Crippen molar-refractivity contribution in [1.82, 2.24) is 19.7 Å². The zero-order chi connectivity index (χ0) is 22.1. The van der Waals surface area contributed by atoms with Crippen LogP contribution in [0.15, 0.2) is 36.7 Å². The molecule has 1 aliphatic rings. The number of hydrogen-bond acceptors (Lipinski definition) is 5. The van der Waals surface area contributed by atoms with E-state index in [9.17, 15) is 9.18 Å². The van der Waals surface area contributed by atoms with Crippen LogP contribution in [0.5, 0.6) is 0 Å². The SMILES string of the molecule is C.Cc1nc(CCc2cnn(Cc3ccccc3F)c2)nc2c1NC(=O)[C@H](C(C)C)N2C. The number of aryl methyl sites for hydroxylation is 3. The van der Waals surface area contributed by atoms with Crippen molar-refractivity contribution in [2.75, 3.05) is 17.3 Å². The van der Waals surface area contributed by atoms with Crippen molar-refractivity contribution in [3.05, 3.63) is 65.1 Å². The maximum absolute atomic E-state index is 13.9. The summed E-state index contributed by atoms with van der Waals surface area (Å²) in [5, 5.41) is 7.33. The van der Waals surface area contributed by atoms with Gasteiger partial charge in [0.15, 0.2) is 5.82 Å².